The average molecular weight is 440 g/mol. The molecule has 0 atom stereocenters. The molecule has 1 heterocycles. The van der Waals surface area contributed by atoms with Crippen LogP contribution in [0.15, 0.2) is 48.5 Å². The highest BCUT2D eigenvalue weighted by atomic mass is 35.5. The predicted molar refractivity (Wildman–Crippen MR) is 99.1 cm³/mol. The Bertz CT molecular complexity index is 1060. The molecule has 29 heavy (non-hydrogen) atoms. The second-order valence-electron chi connectivity index (χ2n) is 5.66. The first-order valence-corrected chi connectivity index (χ1v) is 8.71. The zero-order chi connectivity index (χ0) is 21.0. The van der Waals surface area contributed by atoms with Crippen molar-refractivity contribution in [2.24, 2.45) is 0 Å². The maximum absolute atomic E-state index is 12.8. The number of alkyl halides is 3. The lowest BCUT2D eigenvalue weighted by Gasteiger charge is -2.12. The molecular weight excluding hydrogens is 430 g/mol. The monoisotopic (exact) mass is 439 g/mol. The van der Waals surface area contributed by atoms with Gasteiger partial charge in [-0.2, -0.15) is 23.4 Å². The van der Waals surface area contributed by atoms with Crippen molar-refractivity contribution in [2.75, 3.05) is 0 Å². The van der Waals surface area contributed by atoms with Crippen molar-refractivity contribution in [2.45, 2.75) is 12.8 Å². The molecule has 3 aromatic rings. The van der Waals surface area contributed by atoms with Crippen molar-refractivity contribution in [3.05, 3.63) is 75.7 Å². The Balaban J connectivity index is 1.76. The van der Waals surface area contributed by atoms with E-state index in [1.165, 1.54) is 30.3 Å². The predicted octanol–water partition coefficient (Wildman–Crippen LogP) is 6.05. The molecule has 0 N–H and O–H groups in total. The van der Waals surface area contributed by atoms with Crippen molar-refractivity contribution < 1.29 is 22.6 Å². The van der Waals surface area contributed by atoms with E-state index in [2.05, 4.69) is 9.97 Å². The van der Waals surface area contributed by atoms with Gasteiger partial charge < -0.3 is 9.47 Å². The first kappa shape index (κ1) is 20.7. The molecule has 0 aliphatic heterocycles. The van der Waals surface area contributed by atoms with E-state index in [-0.39, 0.29) is 40.0 Å². The van der Waals surface area contributed by atoms with Crippen LogP contribution in [0.5, 0.6) is 17.4 Å². The maximum Gasteiger partial charge on any atom is 0.416 e. The highest BCUT2D eigenvalue weighted by molar-refractivity contribution is 6.31. The molecule has 0 bridgehead atoms. The van der Waals surface area contributed by atoms with Gasteiger partial charge in [0.1, 0.15) is 29.3 Å². The molecule has 0 radical (unpaired) electrons. The summed E-state index contributed by atoms with van der Waals surface area (Å²) in [7, 11) is 0. The molecule has 2 aromatic carbocycles. The smallest absolute Gasteiger partial charge is 0.416 e. The molecule has 148 valence electrons. The third kappa shape index (κ3) is 5.50. The highest BCUT2D eigenvalue weighted by Gasteiger charge is 2.30. The first-order valence-electron chi connectivity index (χ1n) is 7.95. The zero-order valence-corrected chi connectivity index (χ0v) is 15.9. The van der Waals surface area contributed by atoms with Crippen LogP contribution in [0.1, 0.15) is 16.7 Å². The molecule has 0 unspecified atom stereocenters. The fourth-order valence-corrected chi connectivity index (χ4v) is 2.70. The third-order valence-corrected chi connectivity index (χ3v) is 3.95. The molecule has 0 aliphatic rings. The molecule has 5 nitrogen and oxygen atoms in total. The van der Waals surface area contributed by atoms with Gasteiger partial charge in [0.2, 0.25) is 11.2 Å². The quantitative estimate of drug-likeness (QED) is 0.357. The molecule has 0 fully saturated rings. The van der Waals surface area contributed by atoms with Crippen molar-refractivity contribution in [1.82, 2.24) is 9.97 Å². The highest BCUT2D eigenvalue weighted by Crippen LogP contribution is 2.33. The normalized spacial score (nSPS) is 11.0. The third-order valence-electron chi connectivity index (χ3n) is 3.58. The van der Waals surface area contributed by atoms with Gasteiger partial charge in [-0.3, -0.25) is 0 Å². The minimum atomic E-state index is -4.49. The van der Waals surface area contributed by atoms with Crippen LogP contribution in [0.25, 0.3) is 0 Å². The molecule has 3 rings (SSSR count). The number of benzene rings is 2. The summed E-state index contributed by atoms with van der Waals surface area (Å²) in [5, 5.41) is 9.40. The molecule has 0 spiro atoms. The van der Waals surface area contributed by atoms with E-state index >= 15 is 0 Å². The van der Waals surface area contributed by atoms with Crippen LogP contribution in [0.3, 0.4) is 0 Å². The Morgan fingerprint density at radius 3 is 2.52 bits per heavy atom. The molecule has 1 aromatic heterocycles. The van der Waals surface area contributed by atoms with Crippen molar-refractivity contribution in [3.63, 3.8) is 0 Å². The minimum Gasteiger partial charge on any atom is -0.473 e. The van der Waals surface area contributed by atoms with E-state index < -0.39 is 11.7 Å². The van der Waals surface area contributed by atoms with E-state index in [9.17, 15) is 18.4 Å². The van der Waals surface area contributed by atoms with Crippen LogP contribution in [-0.4, -0.2) is 9.97 Å². The topological polar surface area (TPSA) is 68.0 Å². The molecule has 0 amide bonds. The van der Waals surface area contributed by atoms with E-state index in [4.69, 9.17) is 32.7 Å². The number of halogens is 5. The lowest BCUT2D eigenvalue weighted by Crippen LogP contribution is -2.04. The van der Waals surface area contributed by atoms with Crippen LogP contribution in [0.2, 0.25) is 10.4 Å². The van der Waals surface area contributed by atoms with E-state index in [1.54, 1.807) is 6.07 Å². The van der Waals surface area contributed by atoms with E-state index in [0.29, 0.717) is 5.56 Å². The minimum absolute atomic E-state index is 0.0365. The van der Waals surface area contributed by atoms with Crippen LogP contribution in [0, 0.1) is 11.3 Å². The molecular formula is C19H10Cl2F3N3O2. The number of nitrogens with zero attached hydrogens (tertiary/aromatic N) is 3. The number of hydrogen-bond acceptors (Lipinski definition) is 5. The van der Waals surface area contributed by atoms with Crippen LogP contribution < -0.4 is 9.47 Å². The molecule has 10 heteroatoms. The van der Waals surface area contributed by atoms with Gasteiger partial charge in [0.25, 0.3) is 0 Å². The summed E-state index contributed by atoms with van der Waals surface area (Å²) in [6.07, 6.45) is -4.49. The summed E-state index contributed by atoms with van der Waals surface area (Å²) in [5.41, 5.74) is -0.119. The summed E-state index contributed by atoms with van der Waals surface area (Å²) in [6, 6.07) is 12.3. The second kappa shape index (κ2) is 8.55. The van der Waals surface area contributed by atoms with Gasteiger partial charge >= 0.3 is 6.18 Å². The molecule has 0 saturated carbocycles. The van der Waals surface area contributed by atoms with Crippen molar-refractivity contribution in [3.8, 4) is 23.4 Å². The number of aromatic nitrogens is 2. The standard InChI is InChI=1S/C19H10Cl2F3N3O2/c20-16-8-17(27-18(21)26-16)28-10-11-4-5-15(12(6-11)9-25)29-14-3-1-2-13(7-14)19(22,23)24/h1-8H,10H2. The Labute approximate surface area is 173 Å². The average Bonchev–Trinajstić information content (AvgIpc) is 2.66. The Morgan fingerprint density at radius 2 is 1.83 bits per heavy atom. The zero-order valence-electron chi connectivity index (χ0n) is 14.4. The van der Waals surface area contributed by atoms with Gasteiger partial charge in [-0.1, -0.05) is 23.7 Å². The fraction of sp³-hybridized carbons (Fsp3) is 0.105. The second-order valence-corrected chi connectivity index (χ2v) is 6.38. The lowest BCUT2D eigenvalue weighted by molar-refractivity contribution is -0.137. The summed E-state index contributed by atoms with van der Waals surface area (Å²) in [4.78, 5) is 7.56. The van der Waals surface area contributed by atoms with Crippen molar-refractivity contribution >= 4 is 23.2 Å². The lowest BCUT2D eigenvalue weighted by atomic mass is 10.1. The van der Waals surface area contributed by atoms with Crippen LogP contribution >= 0.6 is 23.2 Å². The SMILES string of the molecule is N#Cc1cc(COc2cc(Cl)nc(Cl)n2)ccc1Oc1cccc(C(F)(F)F)c1. The summed E-state index contributed by atoms with van der Waals surface area (Å²) >= 11 is 11.5. The Kier molecular flexibility index (Phi) is 6.11. The van der Waals surface area contributed by atoms with Gasteiger partial charge in [-0.15, -0.1) is 0 Å². The number of hydrogen-bond donors (Lipinski definition) is 0. The Morgan fingerprint density at radius 1 is 1.03 bits per heavy atom. The van der Waals surface area contributed by atoms with E-state index in [1.807, 2.05) is 6.07 Å². The van der Waals surface area contributed by atoms with Gasteiger partial charge in [0.15, 0.2) is 0 Å². The van der Waals surface area contributed by atoms with Gasteiger partial charge in [0, 0.05) is 6.07 Å². The largest absolute Gasteiger partial charge is 0.473 e. The van der Waals surface area contributed by atoms with Crippen molar-refractivity contribution in [1.29, 1.82) is 5.26 Å². The summed E-state index contributed by atoms with van der Waals surface area (Å²) in [5.74, 6) is 0.229. The number of nitriles is 1. The number of ether oxygens (including phenoxy) is 2. The van der Waals surface area contributed by atoms with Crippen LogP contribution in [-0.2, 0) is 12.8 Å². The summed E-state index contributed by atoms with van der Waals surface area (Å²) < 4.78 is 49.4. The maximum atomic E-state index is 12.8. The number of rotatable bonds is 5. The molecule has 0 saturated heterocycles. The van der Waals surface area contributed by atoms with Gasteiger partial charge in [-0.05, 0) is 47.5 Å². The van der Waals surface area contributed by atoms with Gasteiger partial charge in [0.05, 0.1) is 11.1 Å². The van der Waals surface area contributed by atoms with E-state index in [0.717, 1.165) is 12.1 Å². The molecule has 0 aliphatic carbocycles. The fourth-order valence-electron chi connectivity index (χ4n) is 2.31. The Hall–Kier alpha value is -3.02. The van der Waals surface area contributed by atoms with Gasteiger partial charge in [-0.25, -0.2) is 4.98 Å². The first-order chi connectivity index (χ1) is 13.7. The van der Waals surface area contributed by atoms with Crippen LogP contribution in [0.4, 0.5) is 13.2 Å². The summed E-state index contributed by atoms with van der Waals surface area (Å²) in [6.45, 7) is 0.0438.